The minimum atomic E-state index is -1.66. The molecule has 6 atom stereocenters. The molecule has 0 unspecified atom stereocenters. The molecule has 0 radical (unpaired) electrons. The van der Waals surface area contributed by atoms with Crippen molar-refractivity contribution < 1.29 is 48.2 Å². The molecule has 11 heteroatoms. The van der Waals surface area contributed by atoms with E-state index in [4.69, 9.17) is 4.74 Å². The number of carboxylic acid groups (broad SMARTS) is 3. The Balaban J connectivity index is 1.92. The topological polar surface area (TPSA) is 164 Å². The van der Waals surface area contributed by atoms with Crippen LogP contribution in [-0.4, -0.2) is 62.2 Å². The van der Waals surface area contributed by atoms with E-state index in [9.17, 15) is 38.7 Å². The van der Waals surface area contributed by atoms with Crippen molar-refractivity contribution in [3.63, 3.8) is 0 Å². The molecule has 2 aromatic carbocycles. The summed E-state index contributed by atoms with van der Waals surface area (Å²) in [5.41, 5.74) is 3.64. The van der Waals surface area contributed by atoms with Gasteiger partial charge in [-0.25, -0.2) is 0 Å². The van der Waals surface area contributed by atoms with E-state index in [0.29, 0.717) is 24.8 Å². The highest BCUT2D eigenvalue weighted by atomic mass is 32.2. The molecule has 2 aromatic rings. The average molecular weight is 603 g/mol. The fourth-order valence-corrected chi connectivity index (χ4v) is 6.86. The minimum absolute atomic E-state index is 0.238. The van der Waals surface area contributed by atoms with E-state index in [1.165, 1.54) is 13.4 Å². The maximum Gasteiger partial charge on any atom is 0.305 e. The smallest absolute Gasteiger partial charge is 0.305 e. The van der Waals surface area contributed by atoms with Crippen LogP contribution in [0.3, 0.4) is 0 Å². The maximum atomic E-state index is 12.7. The number of benzene rings is 2. The molecule has 0 aromatic heterocycles. The number of ether oxygens (including phenoxy) is 2. The van der Waals surface area contributed by atoms with E-state index in [1.807, 2.05) is 43.3 Å². The summed E-state index contributed by atoms with van der Waals surface area (Å²) in [6.45, 7) is 1.96. The third-order valence-corrected chi connectivity index (χ3v) is 8.99. The fourth-order valence-electron chi connectivity index (χ4n) is 5.80. The predicted octanol–water partition coefficient (Wildman–Crippen LogP) is 4.13. The molecule has 1 saturated heterocycles. The van der Waals surface area contributed by atoms with Crippen molar-refractivity contribution in [1.29, 1.82) is 0 Å². The molecule has 1 aliphatic rings. The second kappa shape index (κ2) is 15.1. The summed E-state index contributed by atoms with van der Waals surface area (Å²) in [4.78, 5) is 46.8. The van der Waals surface area contributed by atoms with Gasteiger partial charge in [-0.05, 0) is 59.9 Å². The van der Waals surface area contributed by atoms with Crippen molar-refractivity contribution >= 4 is 34.7 Å². The SMILES string of the molecule is COC(=O)CCCc1ccc(Cc2cc([C@H]3O[C@H]([S@](C)=O)[C@@H](CC(=O)O)[C@H](CC(=O)O)[C@@H]3CC(=O)O)ccc2C)cc1. The first-order chi connectivity index (χ1) is 19.9. The maximum absolute atomic E-state index is 12.7. The summed E-state index contributed by atoms with van der Waals surface area (Å²) in [6, 6.07) is 13.6. The van der Waals surface area contributed by atoms with Crippen molar-refractivity contribution in [1.82, 2.24) is 0 Å². The van der Waals surface area contributed by atoms with Gasteiger partial charge in [-0.2, -0.15) is 0 Å². The summed E-state index contributed by atoms with van der Waals surface area (Å²) in [6.07, 6.45) is 1.47. The molecule has 0 saturated carbocycles. The number of hydrogen-bond donors (Lipinski definition) is 3. The van der Waals surface area contributed by atoms with E-state index in [1.54, 1.807) is 6.07 Å². The van der Waals surface area contributed by atoms with Crippen molar-refractivity contribution in [2.75, 3.05) is 13.4 Å². The molecule has 42 heavy (non-hydrogen) atoms. The van der Waals surface area contributed by atoms with Gasteiger partial charge < -0.3 is 24.8 Å². The standard InChI is InChI=1S/C31H38O10S/c1-18-7-12-21(14-22(18)13-20-10-8-19(9-11-20)5-4-6-29(38)40-2)30-24(16-27(34)35)23(15-26(32)33)25(17-28(36)37)31(41-30)42(3)39/h7-12,14,23-25,30-31H,4-6,13,15-17H2,1-3H3,(H,32,33)(H,34,35)(H,36,37)/t23-,24+,25+,30-,31-,42+/m1/s1. The Hall–Kier alpha value is -3.57. The lowest BCUT2D eigenvalue weighted by Crippen LogP contribution is -2.47. The predicted molar refractivity (Wildman–Crippen MR) is 154 cm³/mol. The number of rotatable bonds is 14. The summed E-state index contributed by atoms with van der Waals surface area (Å²) >= 11 is 0. The molecule has 0 amide bonds. The number of aliphatic carboxylic acids is 3. The zero-order valence-electron chi connectivity index (χ0n) is 24.0. The van der Waals surface area contributed by atoms with Crippen LogP contribution in [0.2, 0.25) is 0 Å². The number of aryl methyl sites for hydroxylation is 2. The number of methoxy groups -OCH3 is 1. The summed E-state index contributed by atoms with van der Waals surface area (Å²) in [5.74, 6) is -6.44. The normalized spacial score (nSPS) is 22.7. The first kappa shape index (κ1) is 32.9. The molecule has 0 spiro atoms. The Morgan fingerprint density at radius 2 is 1.43 bits per heavy atom. The van der Waals surface area contributed by atoms with Crippen LogP contribution in [0.25, 0.3) is 0 Å². The first-order valence-corrected chi connectivity index (χ1v) is 15.4. The zero-order valence-corrected chi connectivity index (χ0v) is 24.8. The molecule has 1 heterocycles. The van der Waals surface area contributed by atoms with Crippen LogP contribution < -0.4 is 0 Å². The number of carbonyl (C=O) groups is 4. The first-order valence-electron chi connectivity index (χ1n) is 13.8. The fraction of sp³-hybridized carbons (Fsp3) is 0.484. The molecular weight excluding hydrogens is 564 g/mol. The lowest BCUT2D eigenvalue weighted by atomic mass is 9.70. The van der Waals surface area contributed by atoms with Gasteiger partial charge in [0.05, 0.1) is 26.1 Å². The monoisotopic (exact) mass is 602 g/mol. The van der Waals surface area contributed by atoms with Gasteiger partial charge in [-0.1, -0.05) is 42.5 Å². The van der Waals surface area contributed by atoms with Crippen LogP contribution in [-0.2, 0) is 52.3 Å². The number of esters is 1. The van der Waals surface area contributed by atoms with E-state index in [0.717, 1.165) is 28.7 Å². The van der Waals surface area contributed by atoms with Crippen LogP contribution in [0.5, 0.6) is 0 Å². The largest absolute Gasteiger partial charge is 0.481 e. The third-order valence-electron chi connectivity index (χ3n) is 7.87. The lowest BCUT2D eigenvalue weighted by molar-refractivity contribution is -0.162. The Bertz CT molecular complexity index is 1310. The van der Waals surface area contributed by atoms with Gasteiger partial charge >= 0.3 is 23.9 Å². The van der Waals surface area contributed by atoms with E-state index in [-0.39, 0.29) is 5.97 Å². The number of hydrogen-bond acceptors (Lipinski definition) is 7. The molecule has 0 bridgehead atoms. The Kier molecular flexibility index (Phi) is 11.8. The van der Waals surface area contributed by atoms with Gasteiger partial charge in [0, 0.05) is 41.7 Å². The molecular formula is C31H38O10S. The van der Waals surface area contributed by atoms with Gasteiger partial charge in [-0.15, -0.1) is 0 Å². The van der Waals surface area contributed by atoms with Crippen molar-refractivity contribution in [3.8, 4) is 0 Å². The second-order valence-electron chi connectivity index (χ2n) is 10.8. The number of carboxylic acids is 3. The summed E-state index contributed by atoms with van der Waals surface area (Å²) in [5, 5.41) is 28.9. The van der Waals surface area contributed by atoms with Crippen molar-refractivity contribution in [3.05, 3.63) is 70.3 Å². The van der Waals surface area contributed by atoms with E-state index in [2.05, 4.69) is 4.74 Å². The van der Waals surface area contributed by atoms with Crippen LogP contribution in [0.1, 0.15) is 66.0 Å². The highest BCUT2D eigenvalue weighted by molar-refractivity contribution is 7.84. The molecule has 228 valence electrons. The second-order valence-corrected chi connectivity index (χ2v) is 12.3. The Morgan fingerprint density at radius 1 is 0.857 bits per heavy atom. The summed E-state index contributed by atoms with van der Waals surface area (Å²) in [7, 11) is -0.288. The molecule has 1 aliphatic heterocycles. The molecule has 0 aliphatic carbocycles. The highest BCUT2D eigenvalue weighted by Crippen LogP contribution is 2.48. The summed E-state index contributed by atoms with van der Waals surface area (Å²) < 4.78 is 23.7. The van der Waals surface area contributed by atoms with Crippen LogP contribution in [0, 0.1) is 24.7 Å². The quantitative estimate of drug-likeness (QED) is 0.268. The van der Waals surface area contributed by atoms with E-state index < -0.39 is 77.3 Å². The third kappa shape index (κ3) is 8.96. The van der Waals surface area contributed by atoms with Crippen molar-refractivity contribution in [2.24, 2.45) is 17.8 Å². The Labute approximate surface area is 247 Å². The van der Waals surface area contributed by atoms with Crippen molar-refractivity contribution in [2.45, 2.75) is 63.4 Å². The highest BCUT2D eigenvalue weighted by Gasteiger charge is 2.49. The van der Waals surface area contributed by atoms with E-state index >= 15 is 0 Å². The van der Waals surface area contributed by atoms with Gasteiger partial charge in [0.15, 0.2) is 0 Å². The minimum Gasteiger partial charge on any atom is -0.481 e. The molecule has 3 N–H and O–H groups in total. The molecule has 10 nitrogen and oxygen atoms in total. The lowest BCUT2D eigenvalue weighted by Gasteiger charge is -2.46. The molecule has 1 fully saturated rings. The molecule has 3 rings (SSSR count). The average Bonchev–Trinajstić information content (AvgIpc) is 2.91. The zero-order chi connectivity index (χ0) is 31.0. The van der Waals surface area contributed by atoms with Gasteiger partial charge in [0.25, 0.3) is 0 Å². The number of carbonyl (C=O) groups excluding carboxylic acids is 1. The van der Waals surface area contributed by atoms with Gasteiger partial charge in [-0.3, -0.25) is 23.4 Å². The van der Waals surface area contributed by atoms with Gasteiger partial charge in [0.1, 0.15) is 5.44 Å². The van der Waals surface area contributed by atoms with Crippen LogP contribution >= 0.6 is 0 Å². The van der Waals surface area contributed by atoms with Crippen LogP contribution in [0.4, 0.5) is 0 Å². The Morgan fingerprint density at radius 3 is 2.00 bits per heavy atom. The van der Waals surface area contributed by atoms with Crippen LogP contribution in [0.15, 0.2) is 42.5 Å². The van der Waals surface area contributed by atoms with Gasteiger partial charge in [0.2, 0.25) is 0 Å².